The topological polar surface area (TPSA) is 81.1 Å². The van der Waals surface area contributed by atoms with Gasteiger partial charge in [0.1, 0.15) is 0 Å². The number of hydrogen-bond donors (Lipinski definition) is 1. The van der Waals surface area contributed by atoms with Crippen molar-refractivity contribution in [1.82, 2.24) is 9.78 Å². The van der Waals surface area contributed by atoms with E-state index >= 15 is 0 Å². The van der Waals surface area contributed by atoms with Crippen LogP contribution in [0, 0.1) is 0 Å². The van der Waals surface area contributed by atoms with Crippen molar-refractivity contribution in [3.63, 3.8) is 0 Å². The second-order valence-corrected chi connectivity index (χ2v) is 10.1. The third-order valence-corrected chi connectivity index (χ3v) is 7.19. The maximum absolute atomic E-state index is 13.0. The van der Waals surface area contributed by atoms with E-state index in [1.165, 1.54) is 6.07 Å². The lowest BCUT2D eigenvalue weighted by molar-refractivity contribution is -0.115. The maximum atomic E-state index is 13.0. The smallest absolute Gasteiger partial charge is 0.228 e. The highest BCUT2D eigenvalue weighted by molar-refractivity contribution is 7.91. The largest absolute Gasteiger partial charge is 0.325 e. The van der Waals surface area contributed by atoms with Crippen molar-refractivity contribution in [2.24, 2.45) is 0 Å². The molecule has 0 bridgehead atoms. The molecule has 0 aliphatic heterocycles. The van der Waals surface area contributed by atoms with Gasteiger partial charge in [-0.2, -0.15) is 5.10 Å². The molecule has 4 aromatic rings. The minimum Gasteiger partial charge on any atom is -0.325 e. The van der Waals surface area contributed by atoms with Gasteiger partial charge in [0.05, 0.1) is 34.1 Å². The fourth-order valence-electron chi connectivity index (χ4n) is 3.47. The van der Waals surface area contributed by atoms with Crippen LogP contribution in [0.1, 0.15) is 12.5 Å². The molecule has 1 amide bonds. The van der Waals surface area contributed by atoms with Crippen LogP contribution in [-0.2, 0) is 21.1 Å². The van der Waals surface area contributed by atoms with Crippen molar-refractivity contribution in [1.29, 1.82) is 0 Å². The number of rotatable bonds is 7. The van der Waals surface area contributed by atoms with E-state index < -0.39 is 9.84 Å². The quantitative estimate of drug-likeness (QED) is 0.396. The predicted octanol–water partition coefficient (Wildman–Crippen LogP) is 5.17. The van der Waals surface area contributed by atoms with Crippen LogP contribution in [0.2, 0.25) is 5.02 Å². The molecule has 33 heavy (non-hydrogen) atoms. The summed E-state index contributed by atoms with van der Waals surface area (Å²) in [5.41, 5.74) is 3.31. The van der Waals surface area contributed by atoms with Crippen molar-refractivity contribution in [2.75, 3.05) is 11.1 Å². The molecule has 0 spiro atoms. The molecule has 168 valence electrons. The van der Waals surface area contributed by atoms with E-state index in [1.807, 2.05) is 48.7 Å². The van der Waals surface area contributed by atoms with Gasteiger partial charge in [0.25, 0.3) is 0 Å². The Balaban J connectivity index is 1.67. The molecule has 0 atom stereocenters. The fourth-order valence-corrected chi connectivity index (χ4v) is 4.64. The van der Waals surface area contributed by atoms with Crippen LogP contribution in [0.5, 0.6) is 0 Å². The van der Waals surface area contributed by atoms with Gasteiger partial charge in [-0.05, 0) is 36.4 Å². The maximum Gasteiger partial charge on any atom is 0.228 e. The molecule has 0 aliphatic carbocycles. The number of nitrogens with zero attached hydrogens (tertiary/aromatic N) is 2. The minimum absolute atomic E-state index is 0.0191. The highest BCUT2D eigenvalue weighted by Gasteiger charge is 2.20. The van der Waals surface area contributed by atoms with E-state index in [1.54, 1.807) is 41.9 Å². The van der Waals surface area contributed by atoms with E-state index in [4.69, 9.17) is 16.7 Å². The predicted molar refractivity (Wildman–Crippen MR) is 131 cm³/mol. The number of halogens is 1. The number of nitrogens with one attached hydrogen (secondary N) is 1. The Morgan fingerprint density at radius 3 is 2.33 bits per heavy atom. The molecule has 0 radical (unpaired) electrons. The standard InChI is InChI=1S/C25H22ClN3O3S/c1-2-33(31,32)23-11-7-6-10-22(23)27-24(30)16-19-17-29(21-8-4-3-5-9-21)28-25(19)18-12-14-20(26)15-13-18/h3-15,17H,2,16H2,1H3,(H,27,30). The number of benzene rings is 3. The van der Waals surface area contributed by atoms with Gasteiger partial charge in [0, 0.05) is 22.3 Å². The first-order valence-corrected chi connectivity index (χ1v) is 12.4. The first-order chi connectivity index (χ1) is 15.9. The molecule has 0 saturated heterocycles. The van der Waals surface area contributed by atoms with Gasteiger partial charge in [-0.25, -0.2) is 13.1 Å². The number of carbonyl (C=O) groups excluding carboxylic acids is 1. The molecule has 8 heteroatoms. The molecule has 0 saturated carbocycles. The zero-order valence-electron chi connectivity index (χ0n) is 17.9. The average Bonchev–Trinajstić information content (AvgIpc) is 3.24. The molecule has 3 aromatic carbocycles. The second kappa shape index (κ2) is 9.60. The third-order valence-electron chi connectivity index (χ3n) is 5.16. The monoisotopic (exact) mass is 479 g/mol. The van der Waals surface area contributed by atoms with Gasteiger partial charge in [0.2, 0.25) is 5.91 Å². The Kier molecular flexibility index (Phi) is 6.62. The Bertz CT molecular complexity index is 1380. The van der Waals surface area contributed by atoms with Crippen LogP contribution in [0.4, 0.5) is 5.69 Å². The highest BCUT2D eigenvalue weighted by Crippen LogP contribution is 2.27. The Labute approximate surface area is 197 Å². The number of aromatic nitrogens is 2. The molecule has 1 N–H and O–H groups in total. The van der Waals surface area contributed by atoms with Gasteiger partial charge < -0.3 is 5.32 Å². The van der Waals surface area contributed by atoms with Crippen LogP contribution < -0.4 is 5.32 Å². The van der Waals surface area contributed by atoms with Crippen LogP contribution in [0.3, 0.4) is 0 Å². The number of hydrogen-bond acceptors (Lipinski definition) is 4. The number of amides is 1. The fraction of sp³-hybridized carbons (Fsp3) is 0.120. The number of para-hydroxylation sites is 2. The van der Waals surface area contributed by atoms with E-state index in [-0.39, 0.29) is 28.7 Å². The lowest BCUT2D eigenvalue weighted by atomic mass is 10.1. The van der Waals surface area contributed by atoms with Crippen molar-refractivity contribution in [3.05, 3.63) is 95.6 Å². The van der Waals surface area contributed by atoms with Crippen LogP contribution in [0.15, 0.2) is 90.0 Å². The van der Waals surface area contributed by atoms with Gasteiger partial charge in [-0.1, -0.05) is 61.0 Å². The van der Waals surface area contributed by atoms with Crippen LogP contribution >= 0.6 is 11.6 Å². The van der Waals surface area contributed by atoms with E-state index in [9.17, 15) is 13.2 Å². The van der Waals surface area contributed by atoms with E-state index in [0.29, 0.717) is 16.3 Å². The van der Waals surface area contributed by atoms with Crippen LogP contribution in [0.25, 0.3) is 16.9 Å². The summed E-state index contributed by atoms with van der Waals surface area (Å²) in [6, 6.07) is 23.3. The molecule has 1 aromatic heterocycles. The molecular formula is C25H22ClN3O3S. The summed E-state index contributed by atoms with van der Waals surface area (Å²) in [5, 5.41) is 8.07. The lowest BCUT2D eigenvalue weighted by Crippen LogP contribution is -2.17. The number of anilines is 1. The summed E-state index contributed by atoms with van der Waals surface area (Å²) in [5.74, 6) is -0.388. The van der Waals surface area contributed by atoms with Crippen LogP contribution in [-0.4, -0.2) is 29.9 Å². The number of sulfone groups is 1. The number of carbonyl (C=O) groups is 1. The molecule has 6 nitrogen and oxygen atoms in total. The first-order valence-electron chi connectivity index (χ1n) is 10.4. The Hall–Kier alpha value is -3.42. The summed E-state index contributed by atoms with van der Waals surface area (Å²) in [7, 11) is -3.48. The second-order valence-electron chi connectivity index (χ2n) is 7.41. The minimum atomic E-state index is -3.48. The Morgan fingerprint density at radius 1 is 0.970 bits per heavy atom. The SMILES string of the molecule is CCS(=O)(=O)c1ccccc1NC(=O)Cc1cn(-c2ccccc2)nc1-c1ccc(Cl)cc1. The highest BCUT2D eigenvalue weighted by atomic mass is 35.5. The zero-order valence-corrected chi connectivity index (χ0v) is 19.5. The molecule has 1 heterocycles. The lowest BCUT2D eigenvalue weighted by Gasteiger charge is -2.11. The van der Waals surface area contributed by atoms with Crippen molar-refractivity contribution in [2.45, 2.75) is 18.2 Å². The Morgan fingerprint density at radius 2 is 1.64 bits per heavy atom. The van der Waals surface area contributed by atoms with Gasteiger partial charge >= 0.3 is 0 Å². The molecule has 4 rings (SSSR count). The summed E-state index contributed by atoms with van der Waals surface area (Å²) >= 11 is 6.04. The average molecular weight is 480 g/mol. The van der Waals surface area contributed by atoms with E-state index in [0.717, 1.165) is 11.3 Å². The van der Waals surface area contributed by atoms with Gasteiger partial charge in [0.15, 0.2) is 9.84 Å². The molecule has 0 aliphatic rings. The van der Waals surface area contributed by atoms with E-state index in [2.05, 4.69) is 5.32 Å². The van der Waals surface area contributed by atoms with Crippen molar-refractivity contribution < 1.29 is 13.2 Å². The third kappa shape index (κ3) is 5.16. The van der Waals surface area contributed by atoms with Gasteiger partial charge in [-0.3, -0.25) is 4.79 Å². The zero-order chi connectivity index (χ0) is 23.4. The first kappa shape index (κ1) is 22.8. The molecule has 0 fully saturated rings. The summed E-state index contributed by atoms with van der Waals surface area (Å²) < 4.78 is 26.6. The van der Waals surface area contributed by atoms with Gasteiger partial charge in [-0.15, -0.1) is 0 Å². The van der Waals surface area contributed by atoms with Crippen molar-refractivity contribution >= 4 is 33.0 Å². The summed E-state index contributed by atoms with van der Waals surface area (Å²) in [4.78, 5) is 13.1. The normalized spacial score (nSPS) is 11.3. The molecular weight excluding hydrogens is 458 g/mol. The summed E-state index contributed by atoms with van der Waals surface area (Å²) in [6.07, 6.45) is 1.83. The summed E-state index contributed by atoms with van der Waals surface area (Å²) in [6.45, 7) is 1.57. The molecule has 0 unspecified atom stereocenters. The van der Waals surface area contributed by atoms with Crippen molar-refractivity contribution in [3.8, 4) is 16.9 Å².